The van der Waals surface area contributed by atoms with Crippen molar-refractivity contribution >= 4 is 38.4 Å². The highest BCUT2D eigenvalue weighted by Gasteiger charge is 2.22. The van der Waals surface area contributed by atoms with Gasteiger partial charge in [-0.25, -0.2) is 13.4 Å². The van der Waals surface area contributed by atoms with Crippen LogP contribution in [0.4, 0.5) is 5.69 Å². The first-order valence-corrected chi connectivity index (χ1v) is 10.9. The average molecular weight is 393 g/mol. The summed E-state index contributed by atoms with van der Waals surface area (Å²) in [6.07, 6.45) is 0. The Kier molecular flexibility index (Phi) is 4.74. The molecule has 3 aromatic rings. The summed E-state index contributed by atoms with van der Waals surface area (Å²) in [5.41, 5.74) is 3.60. The fourth-order valence-electron chi connectivity index (χ4n) is 2.48. The molecule has 1 N–H and O–H groups in total. The predicted octanol–water partition coefficient (Wildman–Crippen LogP) is 5.21. The van der Waals surface area contributed by atoms with Crippen LogP contribution >= 0.6 is 22.7 Å². The molecule has 0 unspecified atom stereocenters. The SMILES string of the molecule is Cc1cccc(NS(=O)(=O)c2cc(-c3nc(C)c(C)s3)sc2C)c1C. The number of benzene rings is 1. The topological polar surface area (TPSA) is 59.1 Å². The quantitative estimate of drug-likeness (QED) is 0.663. The number of anilines is 1. The molecule has 3 rings (SSSR count). The lowest BCUT2D eigenvalue weighted by atomic mass is 10.1. The van der Waals surface area contributed by atoms with Gasteiger partial charge in [0.1, 0.15) is 9.90 Å². The molecule has 0 atom stereocenters. The lowest BCUT2D eigenvalue weighted by molar-refractivity contribution is 0.601. The van der Waals surface area contributed by atoms with Gasteiger partial charge < -0.3 is 0 Å². The van der Waals surface area contributed by atoms with Crippen molar-refractivity contribution < 1.29 is 8.42 Å². The average Bonchev–Trinajstić information content (AvgIpc) is 3.08. The molecular weight excluding hydrogens is 372 g/mol. The summed E-state index contributed by atoms with van der Waals surface area (Å²) in [7, 11) is -3.64. The molecule has 0 spiro atoms. The summed E-state index contributed by atoms with van der Waals surface area (Å²) < 4.78 is 28.5. The van der Waals surface area contributed by atoms with E-state index < -0.39 is 10.0 Å². The Morgan fingerprint density at radius 2 is 1.72 bits per heavy atom. The maximum absolute atomic E-state index is 12.9. The smallest absolute Gasteiger partial charge is 0.263 e. The predicted molar refractivity (Wildman–Crippen MR) is 106 cm³/mol. The third-order valence-corrected chi connectivity index (χ3v) is 8.16. The molecule has 25 heavy (non-hydrogen) atoms. The molecule has 1 aromatic carbocycles. The van der Waals surface area contributed by atoms with E-state index in [1.807, 2.05) is 46.8 Å². The molecule has 0 aliphatic heterocycles. The number of aryl methyl sites for hydroxylation is 4. The Labute approximate surface area is 156 Å². The van der Waals surface area contributed by atoms with Crippen LogP contribution in [0.2, 0.25) is 0 Å². The minimum atomic E-state index is -3.64. The van der Waals surface area contributed by atoms with Crippen molar-refractivity contribution in [3.05, 3.63) is 50.8 Å². The molecular formula is C18H20N2O2S3. The zero-order chi connectivity index (χ0) is 18.4. The Hall–Kier alpha value is -1.70. The van der Waals surface area contributed by atoms with Crippen LogP contribution in [0.1, 0.15) is 26.6 Å². The van der Waals surface area contributed by atoms with Gasteiger partial charge in [0.05, 0.1) is 16.3 Å². The largest absolute Gasteiger partial charge is 0.279 e. The number of nitrogens with one attached hydrogen (secondary N) is 1. The zero-order valence-corrected chi connectivity index (χ0v) is 17.2. The van der Waals surface area contributed by atoms with E-state index in [2.05, 4.69) is 9.71 Å². The molecule has 2 aromatic heterocycles. The van der Waals surface area contributed by atoms with Gasteiger partial charge in [-0.1, -0.05) is 12.1 Å². The van der Waals surface area contributed by atoms with Crippen molar-refractivity contribution in [2.45, 2.75) is 39.5 Å². The van der Waals surface area contributed by atoms with E-state index in [-0.39, 0.29) is 0 Å². The molecule has 0 saturated carbocycles. The highest BCUT2D eigenvalue weighted by atomic mass is 32.2. The van der Waals surface area contributed by atoms with E-state index in [0.717, 1.165) is 36.5 Å². The van der Waals surface area contributed by atoms with Gasteiger partial charge in [-0.15, -0.1) is 22.7 Å². The molecule has 0 aliphatic carbocycles. The van der Waals surface area contributed by atoms with E-state index in [9.17, 15) is 8.42 Å². The second-order valence-electron chi connectivity index (χ2n) is 6.04. The van der Waals surface area contributed by atoms with E-state index in [1.54, 1.807) is 23.5 Å². The van der Waals surface area contributed by atoms with Crippen LogP contribution in [0.3, 0.4) is 0 Å². The molecule has 132 valence electrons. The minimum Gasteiger partial charge on any atom is -0.279 e. The van der Waals surface area contributed by atoms with Gasteiger partial charge in [-0.2, -0.15) is 0 Å². The molecule has 4 nitrogen and oxygen atoms in total. The summed E-state index contributed by atoms with van der Waals surface area (Å²) in [6.45, 7) is 9.71. The third kappa shape index (κ3) is 3.49. The number of sulfonamides is 1. The van der Waals surface area contributed by atoms with Crippen molar-refractivity contribution in [3.63, 3.8) is 0 Å². The van der Waals surface area contributed by atoms with Crippen LogP contribution in [0.15, 0.2) is 29.2 Å². The number of rotatable bonds is 4. The van der Waals surface area contributed by atoms with Crippen LogP contribution in [0.5, 0.6) is 0 Å². The van der Waals surface area contributed by atoms with Crippen molar-refractivity contribution in [2.75, 3.05) is 4.72 Å². The van der Waals surface area contributed by atoms with Gasteiger partial charge in [0.25, 0.3) is 10.0 Å². The molecule has 2 heterocycles. The van der Waals surface area contributed by atoms with Gasteiger partial charge in [0.2, 0.25) is 0 Å². The second-order valence-corrected chi connectivity index (χ2v) is 10.2. The maximum atomic E-state index is 12.9. The fraction of sp³-hybridized carbons (Fsp3) is 0.278. The van der Waals surface area contributed by atoms with Crippen LogP contribution in [-0.4, -0.2) is 13.4 Å². The molecule has 0 aliphatic rings. The zero-order valence-electron chi connectivity index (χ0n) is 14.8. The third-order valence-electron chi connectivity index (χ3n) is 4.25. The van der Waals surface area contributed by atoms with Crippen molar-refractivity contribution in [2.24, 2.45) is 0 Å². The van der Waals surface area contributed by atoms with E-state index >= 15 is 0 Å². The van der Waals surface area contributed by atoms with Gasteiger partial charge in [-0.05, 0) is 57.9 Å². The highest BCUT2D eigenvalue weighted by Crippen LogP contribution is 2.37. The van der Waals surface area contributed by atoms with Crippen LogP contribution in [0, 0.1) is 34.6 Å². The minimum absolute atomic E-state index is 0.318. The Morgan fingerprint density at radius 1 is 1.00 bits per heavy atom. The summed E-state index contributed by atoms with van der Waals surface area (Å²) in [6, 6.07) is 7.34. The first-order chi connectivity index (χ1) is 11.7. The number of thiophene rings is 1. The lowest BCUT2D eigenvalue weighted by Crippen LogP contribution is -2.14. The molecule has 0 saturated heterocycles. The molecule has 0 fully saturated rings. The summed E-state index contributed by atoms with van der Waals surface area (Å²) in [4.78, 5) is 7.66. The first kappa shape index (κ1) is 18.1. The van der Waals surface area contributed by atoms with Crippen LogP contribution in [0.25, 0.3) is 9.88 Å². The number of thiazole rings is 1. The molecule has 0 radical (unpaired) electrons. The van der Waals surface area contributed by atoms with E-state index in [1.165, 1.54) is 11.3 Å². The van der Waals surface area contributed by atoms with Crippen LogP contribution < -0.4 is 4.72 Å². The second kappa shape index (κ2) is 6.55. The number of aromatic nitrogens is 1. The van der Waals surface area contributed by atoms with Crippen molar-refractivity contribution in [1.29, 1.82) is 0 Å². The van der Waals surface area contributed by atoms with E-state index in [0.29, 0.717) is 10.6 Å². The lowest BCUT2D eigenvalue weighted by Gasteiger charge is -2.11. The van der Waals surface area contributed by atoms with E-state index in [4.69, 9.17) is 0 Å². The first-order valence-electron chi connectivity index (χ1n) is 7.83. The van der Waals surface area contributed by atoms with Gasteiger partial charge >= 0.3 is 0 Å². The standard InChI is InChI=1S/C18H20N2O2S3/c1-10-7-6-8-15(11(10)2)20-25(21,22)17-9-16(23-14(17)5)18-19-12(3)13(4)24-18/h6-9,20H,1-5H3. The van der Waals surface area contributed by atoms with Crippen molar-refractivity contribution in [3.8, 4) is 9.88 Å². The summed E-state index contributed by atoms with van der Waals surface area (Å²) in [5.74, 6) is 0. The van der Waals surface area contributed by atoms with Gasteiger partial charge in [0.15, 0.2) is 0 Å². The van der Waals surface area contributed by atoms with Gasteiger partial charge in [0, 0.05) is 9.75 Å². The van der Waals surface area contributed by atoms with Crippen LogP contribution in [-0.2, 0) is 10.0 Å². The Balaban J connectivity index is 1.99. The monoisotopic (exact) mass is 392 g/mol. The molecule has 0 amide bonds. The fourth-order valence-corrected chi connectivity index (χ4v) is 6.15. The maximum Gasteiger partial charge on any atom is 0.263 e. The number of nitrogens with zero attached hydrogens (tertiary/aromatic N) is 1. The highest BCUT2D eigenvalue weighted by molar-refractivity contribution is 7.93. The molecule has 7 heteroatoms. The number of hydrogen-bond acceptors (Lipinski definition) is 5. The summed E-state index contributed by atoms with van der Waals surface area (Å²) >= 11 is 3.06. The van der Waals surface area contributed by atoms with Crippen molar-refractivity contribution in [1.82, 2.24) is 4.98 Å². The number of hydrogen-bond donors (Lipinski definition) is 1. The summed E-state index contributed by atoms with van der Waals surface area (Å²) in [5, 5.41) is 0.872. The normalized spacial score (nSPS) is 11.7. The molecule has 0 bridgehead atoms. The Morgan fingerprint density at radius 3 is 2.36 bits per heavy atom. The Bertz CT molecular complexity index is 1030. The van der Waals surface area contributed by atoms with Gasteiger partial charge in [-0.3, -0.25) is 4.72 Å².